The van der Waals surface area contributed by atoms with E-state index in [1.165, 1.54) is 11.3 Å². The number of carbonyl (C=O) groups excluding carboxylic acids is 3. The molecule has 4 aromatic rings. The average molecular weight is 475 g/mol. The fraction of sp³-hybridized carbons (Fsp3) is 0.154. The van der Waals surface area contributed by atoms with Gasteiger partial charge in [-0.2, -0.15) is 4.99 Å². The number of hydrogen-bond donors (Lipinski definition) is 0. The van der Waals surface area contributed by atoms with Gasteiger partial charge in [-0.1, -0.05) is 59.9 Å². The monoisotopic (exact) mass is 474 g/mol. The van der Waals surface area contributed by atoms with Gasteiger partial charge in [0.25, 0.3) is 5.91 Å². The molecule has 0 bridgehead atoms. The first kappa shape index (κ1) is 23.1. The first-order valence-corrected chi connectivity index (χ1v) is 11.4. The predicted molar refractivity (Wildman–Crippen MR) is 129 cm³/mol. The molecule has 0 aliphatic rings. The van der Waals surface area contributed by atoms with Gasteiger partial charge in [0, 0.05) is 16.7 Å². The van der Waals surface area contributed by atoms with E-state index in [-0.39, 0.29) is 18.9 Å². The van der Waals surface area contributed by atoms with Crippen LogP contribution in [0.1, 0.15) is 33.2 Å². The van der Waals surface area contributed by atoms with Crippen LogP contribution in [0.3, 0.4) is 0 Å². The fourth-order valence-corrected chi connectivity index (χ4v) is 4.55. The molecule has 1 amide bonds. The van der Waals surface area contributed by atoms with Crippen molar-refractivity contribution in [3.8, 4) is 5.75 Å². The molecule has 7 nitrogen and oxygen atoms in total. The van der Waals surface area contributed by atoms with Gasteiger partial charge in [0.15, 0.2) is 10.6 Å². The number of aromatic nitrogens is 1. The van der Waals surface area contributed by atoms with E-state index in [9.17, 15) is 14.4 Å². The predicted octanol–water partition coefficient (Wildman–Crippen LogP) is 4.25. The smallest absolute Gasteiger partial charge is 0.326 e. The Kier molecular flexibility index (Phi) is 6.98. The Balaban J connectivity index is 1.70. The van der Waals surface area contributed by atoms with Crippen LogP contribution >= 0.6 is 11.3 Å². The molecule has 0 saturated heterocycles. The van der Waals surface area contributed by atoms with E-state index in [0.29, 0.717) is 32.8 Å². The number of carbonyl (C=O) groups is 3. The minimum absolute atomic E-state index is 0.106. The van der Waals surface area contributed by atoms with Crippen LogP contribution in [-0.2, 0) is 16.1 Å². The molecule has 8 heteroatoms. The molecule has 4 rings (SSSR count). The Morgan fingerprint density at radius 3 is 2.24 bits per heavy atom. The maximum absolute atomic E-state index is 13.0. The number of fused-ring (bicyclic) bond motifs is 1. The van der Waals surface area contributed by atoms with Crippen molar-refractivity contribution in [2.75, 3.05) is 13.7 Å². The molecule has 3 aromatic carbocycles. The van der Waals surface area contributed by atoms with Crippen LogP contribution in [0.4, 0.5) is 0 Å². The second kappa shape index (κ2) is 10.3. The van der Waals surface area contributed by atoms with Gasteiger partial charge in [-0.25, -0.2) is 0 Å². The van der Waals surface area contributed by atoms with E-state index in [2.05, 4.69) is 4.99 Å². The molecule has 0 aliphatic carbocycles. The normalized spacial score (nSPS) is 11.4. The van der Waals surface area contributed by atoms with E-state index >= 15 is 0 Å². The first-order chi connectivity index (χ1) is 16.5. The molecule has 1 heterocycles. The topological polar surface area (TPSA) is 87.0 Å². The summed E-state index contributed by atoms with van der Waals surface area (Å²) in [6.07, 6.45) is 0. The lowest BCUT2D eigenvalue weighted by molar-refractivity contribution is -0.143. The Morgan fingerprint density at radius 2 is 1.56 bits per heavy atom. The molecular formula is C26H22N2O5S. The SMILES string of the molecule is CCOC(=O)Cn1c(=NC(=O)c2ccc(C(=O)c3ccccc3)cc2)sc2cccc(OC)c21. The van der Waals surface area contributed by atoms with Crippen molar-refractivity contribution in [3.05, 3.63) is 94.3 Å². The number of para-hydroxylation sites is 1. The van der Waals surface area contributed by atoms with Gasteiger partial charge in [-0.15, -0.1) is 0 Å². The van der Waals surface area contributed by atoms with Crippen LogP contribution < -0.4 is 9.54 Å². The molecule has 0 saturated carbocycles. The van der Waals surface area contributed by atoms with Gasteiger partial charge in [-0.3, -0.25) is 14.4 Å². The maximum atomic E-state index is 13.0. The van der Waals surface area contributed by atoms with Gasteiger partial charge in [-0.05, 0) is 31.2 Å². The summed E-state index contributed by atoms with van der Waals surface area (Å²) < 4.78 is 13.0. The van der Waals surface area contributed by atoms with Crippen molar-refractivity contribution >= 4 is 39.2 Å². The lowest BCUT2D eigenvalue weighted by Crippen LogP contribution is -2.23. The molecule has 0 aliphatic heterocycles. The zero-order chi connectivity index (χ0) is 24.1. The Labute approximate surface area is 199 Å². The zero-order valence-corrected chi connectivity index (χ0v) is 19.5. The summed E-state index contributed by atoms with van der Waals surface area (Å²) in [6.45, 7) is 1.87. The third kappa shape index (κ3) is 4.82. The van der Waals surface area contributed by atoms with Crippen LogP contribution in [0.15, 0.2) is 77.8 Å². The highest BCUT2D eigenvalue weighted by atomic mass is 32.1. The highest BCUT2D eigenvalue weighted by Crippen LogP contribution is 2.27. The minimum atomic E-state index is -0.484. The Bertz CT molecular complexity index is 1420. The van der Waals surface area contributed by atoms with Gasteiger partial charge in [0.05, 0.1) is 18.4 Å². The molecule has 0 fully saturated rings. The summed E-state index contributed by atoms with van der Waals surface area (Å²) in [5.74, 6) is -0.483. The number of thiazole rings is 1. The van der Waals surface area contributed by atoms with E-state index < -0.39 is 11.9 Å². The van der Waals surface area contributed by atoms with E-state index in [1.54, 1.807) is 73.2 Å². The molecule has 172 valence electrons. The number of methoxy groups -OCH3 is 1. The molecule has 0 unspecified atom stereocenters. The van der Waals surface area contributed by atoms with Crippen molar-refractivity contribution in [3.63, 3.8) is 0 Å². The zero-order valence-electron chi connectivity index (χ0n) is 18.7. The number of amides is 1. The summed E-state index contributed by atoms with van der Waals surface area (Å²) in [7, 11) is 1.54. The Hall–Kier alpha value is -4.04. The molecule has 34 heavy (non-hydrogen) atoms. The van der Waals surface area contributed by atoms with Crippen molar-refractivity contribution < 1.29 is 23.9 Å². The first-order valence-electron chi connectivity index (χ1n) is 10.6. The number of nitrogens with zero attached hydrogens (tertiary/aromatic N) is 2. The summed E-state index contributed by atoms with van der Waals surface area (Å²) >= 11 is 1.28. The summed E-state index contributed by atoms with van der Waals surface area (Å²) in [5, 5.41) is 0. The minimum Gasteiger partial charge on any atom is -0.495 e. The summed E-state index contributed by atoms with van der Waals surface area (Å²) in [4.78, 5) is 42.4. The van der Waals surface area contributed by atoms with E-state index in [0.717, 1.165) is 4.70 Å². The molecule has 0 spiro atoms. The van der Waals surface area contributed by atoms with Crippen LogP contribution in [0.25, 0.3) is 10.2 Å². The lowest BCUT2D eigenvalue weighted by atomic mass is 10.0. The molecule has 0 N–H and O–H groups in total. The van der Waals surface area contributed by atoms with Crippen molar-refractivity contribution in [1.29, 1.82) is 0 Å². The third-order valence-electron chi connectivity index (χ3n) is 5.10. The van der Waals surface area contributed by atoms with Gasteiger partial charge < -0.3 is 14.0 Å². The highest BCUT2D eigenvalue weighted by Gasteiger charge is 2.16. The Morgan fingerprint density at radius 1 is 0.882 bits per heavy atom. The highest BCUT2D eigenvalue weighted by molar-refractivity contribution is 7.16. The standard InChI is InChI=1S/C26H22N2O5S/c1-3-33-22(29)16-28-23-20(32-2)10-7-11-21(23)34-26(28)27-25(31)19-14-12-18(13-15-19)24(30)17-8-5-4-6-9-17/h4-15H,3,16H2,1-2H3. The molecule has 1 aromatic heterocycles. The number of benzene rings is 3. The maximum Gasteiger partial charge on any atom is 0.326 e. The van der Waals surface area contributed by atoms with Crippen molar-refractivity contribution in [1.82, 2.24) is 4.57 Å². The quantitative estimate of drug-likeness (QED) is 0.295. The number of hydrogen-bond acceptors (Lipinski definition) is 6. The fourth-order valence-electron chi connectivity index (χ4n) is 3.50. The second-order valence-corrected chi connectivity index (χ2v) is 8.28. The molecule has 0 radical (unpaired) electrons. The number of ether oxygens (including phenoxy) is 2. The van der Waals surface area contributed by atoms with Crippen LogP contribution in [0, 0.1) is 0 Å². The van der Waals surface area contributed by atoms with Gasteiger partial charge in [0.2, 0.25) is 0 Å². The number of rotatable bonds is 7. The van der Waals surface area contributed by atoms with Gasteiger partial charge in [0.1, 0.15) is 17.8 Å². The molecular weight excluding hydrogens is 452 g/mol. The summed E-state index contributed by atoms with van der Waals surface area (Å²) in [6, 6.07) is 20.8. The lowest BCUT2D eigenvalue weighted by Gasteiger charge is -2.08. The van der Waals surface area contributed by atoms with Crippen LogP contribution in [0.2, 0.25) is 0 Å². The van der Waals surface area contributed by atoms with Crippen molar-refractivity contribution in [2.24, 2.45) is 4.99 Å². The number of esters is 1. The van der Waals surface area contributed by atoms with Crippen LogP contribution in [0.5, 0.6) is 5.75 Å². The largest absolute Gasteiger partial charge is 0.495 e. The van der Waals surface area contributed by atoms with E-state index in [1.807, 2.05) is 18.2 Å². The van der Waals surface area contributed by atoms with Gasteiger partial charge >= 0.3 is 5.97 Å². The number of ketones is 1. The summed E-state index contributed by atoms with van der Waals surface area (Å²) in [5.41, 5.74) is 2.05. The van der Waals surface area contributed by atoms with Crippen molar-refractivity contribution in [2.45, 2.75) is 13.5 Å². The second-order valence-electron chi connectivity index (χ2n) is 7.27. The molecule has 0 atom stereocenters. The average Bonchev–Trinajstić information content (AvgIpc) is 3.21. The van der Waals surface area contributed by atoms with E-state index in [4.69, 9.17) is 9.47 Å². The van der Waals surface area contributed by atoms with Crippen LogP contribution in [-0.4, -0.2) is 35.9 Å². The third-order valence-corrected chi connectivity index (χ3v) is 6.15.